The van der Waals surface area contributed by atoms with Gasteiger partial charge in [0.15, 0.2) is 0 Å². The summed E-state index contributed by atoms with van der Waals surface area (Å²) in [7, 11) is 4.09. The van der Waals surface area contributed by atoms with Gasteiger partial charge in [0.05, 0.1) is 5.92 Å². The Labute approximate surface area is 127 Å². The minimum absolute atomic E-state index is 0.000476. The van der Waals surface area contributed by atoms with Gasteiger partial charge >= 0.3 is 0 Å². The van der Waals surface area contributed by atoms with Gasteiger partial charge in [-0.25, -0.2) is 0 Å². The normalized spacial score (nSPS) is 22.9. The van der Waals surface area contributed by atoms with Crippen molar-refractivity contribution in [2.45, 2.75) is 44.7 Å². The maximum atomic E-state index is 12.4. The molecular weight excluding hydrogens is 262 g/mol. The number of benzene rings is 1. The predicted octanol–water partition coefficient (Wildman–Crippen LogP) is 2.59. The maximum Gasteiger partial charge on any atom is 0.229 e. The fourth-order valence-corrected chi connectivity index (χ4v) is 2.96. The molecule has 0 saturated heterocycles. The van der Waals surface area contributed by atoms with E-state index in [4.69, 9.17) is 5.73 Å². The Hall–Kier alpha value is -1.39. The van der Waals surface area contributed by atoms with Crippen LogP contribution >= 0.6 is 0 Å². The van der Waals surface area contributed by atoms with Crippen LogP contribution < -0.4 is 11.1 Å². The predicted molar refractivity (Wildman–Crippen MR) is 87.0 cm³/mol. The molecule has 2 rings (SSSR count). The van der Waals surface area contributed by atoms with Crippen LogP contribution in [0.2, 0.25) is 0 Å². The van der Waals surface area contributed by atoms with Crippen molar-refractivity contribution in [2.24, 2.45) is 11.7 Å². The van der Waals surface area contributed by atoms with Crippen molar-refractivity contribution < 1.29 is 4.79 Å². The van der Waals surface area contributed by atoms with Gasteiger partial charge in [-0.2, -0.15) is 0 Å². The largest absolute Gasteiger partial charge is 0.327 e. The minimum atomic E-state index is -0.0473. The number of carbonyl (C=O) groups excluding carboxylic acids is 1. The molecule has 0 aliphatic heterocycles. The summed E-state index contributed by atoms with van der Waals surface area (Å²) < 4.78 is 0. The first kappa shape index (κ1) is 16.0. The molecule has 1 amide bonds. The van der Waals surface area contributed by atoms with Gasteiger partial charge in [-0.05, 0) is 44.6 Å². The Morgan fingerprint density at radius 1 is 1.19 bits per heavy atom. The Morgan fingerprint density at radius 3 is 2.52 bits per heavy atom. The summed E-state index contributed by atoms with van der Waals surface area (Å²) in [6.07, 6.45) is 5.31. The number of nitrogens with zero attached hydrogens (tertiary/aromatic N) is 1. The monoisotopic (exact) mass is 289 g/mol. The lowest BCUT2D eigenvalue weighted by Crippen LogP contribution is -2.37. The molecule has 1 saturated carbocycles. The Balaban J connectivity index is 1.95. The van der Waals surface area contributed by atoms with E-state index in [-0.39, 0.29) is 17.9 Å². The second kappa shape index (κ2) is 7.57. The van der Waals surface area contributed by atoms with Crippen molar-refractivity contribution >= 4 is 11.6 Å². The number of amides is 1. The zero-order valence-electron chi connectivity index (χ0n) is 13.1. The molecule has 4 heteroatoms. The van der Waals surface area contributed by atoms with Crippen molar-refractivity contribution in [2.75, 3.05) is 19.4 Å². The molecule has 1 fully saturated rings. The number of nitrogens with one attached hydrogen (secondary N) is 1. The first-order chi connectivity index (χ1) is 10.1. The van der Waals surface area contributed by atoms with Crippen LogP contribution in [0.25, 0.3) is 0 Å². The number of carbonyl (C=O) groups is 1. The Kier molecular flexibility index (Phi) is 5.76. The molecule has 2 atom stereocenters. The van der Waals surface area contributed by atoms with Crippen molar-refractivity contribution in [1.29, 1.82) is 0 Å². The van der Waals surface area contributed by atoms with Gasteiger partial charge in [-0.15, -0.1) is 0 Å². The smallest absolute Gasteiger partial charge is 0.229 e. The highest BCUT2D eigenvalue weighted by Gasteiger charge is 2.26. The molecule has 4 nitrogen and oxygen atoms in total. The van der Waals surface area contributed by atoms with Crippen molar-refractivity contribution in [3.8, 4) is 0 Å². The molecule has 116 valence electrons. The van der Waals surface area contributed by atoms with E-state index >= 15 is 0 Å². The summed E-state index contributed by atoms with van der Waals surface area (Å²) in [6.45, 7) is 0.904. The lowest BCUT2D eigenvalue weighted by Gasteiger charge is -2.20. The summed E-state index contributed by atoms with van der Waals surface area (Å²) in [5.74, 6) is 0.0266. The third kappa shape index (κ3) is 4.83. The van der Waals surface area contributed by atoms with Crippen LogP contribution in [-0.4, -0.2) is 30.9 Å². The van der Waals surface area contributed by atoms with E-state index in [9.17, 15) is 4.79 Å². The number of anilines is 1. The molecule has 0 radical (unpaired) electrons. The standard InChI is InChI=1S/C17H27N3O/c1-20(2)12-13-8-10-14(11-9-13)19-17(21)15-6-4-3-5-7-16(15)18/h8-11,15-16H,3-7,12,18H2,1-2H3,(H,19,21). The van der Waals surface area contributed by atoms with Crippen LogP contribution in [0.15, 0.2) is 24.3 Å². The third-order valence-electron chi connectivity index (χ3n) is 4.13. The minimum Gasteiger partial charge on any atom is -0.327 e. The lowest BCUT2D eigenvalue weighted by atomic mass is 9.94. The van der Waals surface area contributed by atoms with Crippen LogP contribution in [0.4, 0.5) is 5.69 Å². The van der Waals surface area contributed by atoms with E-state index in [0.717, 1.165) is 37.9 Å². The first-order valence-electron chi connectivity index (χ1n) is 7.86. The van der Waals surface area contributed by atoms with E-state index in [1.165, 1.54) is 12.0 Å². The van der Waals surface area contributed by atoms with Crippen molar-refractivity contribution in [3.63, 3.8) is 0 Å². The SMILES string of the molecule is CN(C)Cc1ccc(NC(=O)C2CCCCCC2N)cc1. The molecule has 0 spiro atoms. The number of rotatable bonds is 4. The van der Waals surface area contributed by atoms with E-state index in [1.807, 2.05) is 26.2 Å². The third-order valence-corrected chi connectivity index (χ3v) is 4.13. The van der Waals surface area contributed by atoms with Crippen LogP contribution in [0, 0.1) is 5.92 Å². The maximum absolute atomic E-state index is 12.4. The fourth-order valence-electron chi connectivity index (χ4n) is 2.96. The fraction of sp³-hybridized carbons (Fsp3) is 0.588. The zero-order chi connectivity index (χ0) is 15.2. The zero-order valence-corrected chi connectivity index (χ0v) is 13.1. The molecule has 1 aliphatic rings. The summed E-state index contributed by atoms with van der Waals surface area (Å²) >= 11 is 0. The second-order valence-corrected chi connectivity index (χ2v) is 6.33. The molecule has 2 unspecified atom stereocenters. The molecule has 0 aromatic heterocycles. The summed E-state index contributed by atoms with van der Waals surface area (Å²) in [4.78, 5) is 14.5. The number of nitrogens with two attached hydrogens (primary N) is 1. The van der Waals surface area contributed by atoms with Gasteiger partial charge in [0.25, 0.3) is 0 Å². The summed E-state index contributed by atoms with van der Waals surface area (Å²) in [5.41, 5.74) is 8.25. The number of hydrogen-bond donors (Lipinski definition) is 2. The highest BCUT2D eigenvalue weighted by atomic mass is 16.1. The summed E-state index contributed by atoms with van der Waals surface area (Å²) in [5, 5.41) is 3.02. The van der Waals surface area contributed by atoms with Crippen molar-refractivity contribution in [1.82, 2.24) is 4.90 Å². The van der Waals surface area contributed by atoms with Crippen LogP contribution in [0.3, 0.4) is 0 Å². The molecule has 0 heterocycles. The number of hydrogen-bond acceptors (Lipinski definition) is 3. The molecule has 21 heavy (non-hydrogen) atoms. The Bertz CT molecular complexity index is 456. The molecule has 1 aromatic rings. The summed E-state index contributed by atoms with van der Waals surface area (Å²) in [6, 6.07) is 8.06. The average Bonchev–Trinajstić information content (AvgIpc) is 2.65. The lowest BCUT2D eigenvalue weighted by molar-refractivity contribution is -0.120. The Morgan fingerprint density at radius 2 is 1.86 bits per heavy atom. The van der Waals surface area contributed by atoms with Crippen LogP contribution in [0.1, 0.15) is 37.7 Å². The quantitative estimate of drug-likeness (QED) is 0.838. The van der Waals surface area contributed by atoms with Gasteiger partial charge in [0.1, 0.15) is 0 Å². The van der Waals surface area contributed by atoms with E-state index < -0.39 is 0 Å². The molecule has 0 bridgehead atoms. The van der Waals surface area contributed by atoms with Gasteiger partial charge in [-0.3, -0.25) is 4.79 Å². The van der Waals surface area contributed by atoms with Gasteiger partial charge < -0.3 is 16.0 Å². The van der Waals surface area contributed by atoms with E-state index in [0.29, 0.717) is 0 Å². The van der Waals surface area contributed by atoms with Gasteiger partial charge in [0, 0.05) is 18.3 Å². The first-order valence-corrected chi connectivity index (χ1v) is 7.86. The van der Waals surface area contributed by atoms with Gasteiger partial charge in [-0.1, -0.05) is 31.4 Å². The van der Waals surface area contributed by atoms with Crippen LogP contribution in [-0.2, 0) is 11.3 Å². The van der Waals surface area contributed by atoms with Crippen molar-refractivity contribution in [3.05, 3.63) is 29.8 Å². The van der Waals surface area contributed by atoms with Gasteiger partial charge in [0.2, 0.25) is 5.91 Å². The highest BCUT2D eigenvalue weighted by molar-refractivity contribution is 5.93. The molecule has 1 aromatic carbocycles. The molecule has 1 aliphatic carbocycles. The van der Waals surface area contributed by atoms with E-state index in [1.54, 1.807) is 0 Å². The van der Waals surface area contributed by atoms with Crippen LogP contribution in [0.5, 0.6) is 0 Å². The molecule has 3 N–H and O–H groups in total. The molecular formula is C17H27N3O. The highest BCUT2D eigenvalue weighted by Crippen LogP contribution is 2.23. The average molecular weight is 289 g/mol. The van der Waals surface area contributed by atoms with E-state index in [2.05, 4.69) is 22.3 Å². The topological polar surface area (TPSA) is 58.4 Å². The second-order valence-electron chi connectivity index (χ2n) is 6.33.